The number of piperidine rings is 1. The average Bonchev–Trinajstić information content (AvgIpc) is 2.62. The number of hydrogen-bond acceptors (Lipinski definition) is 4. The number of carboxylic acids is 1. The molecule has 1 saturated heterocycles. The van der Waals surface area contributed by atoms with Crippen LogP contribution in [0.1, 0.15) is 48.3 Å². The Balaban J connectivity index is 1.74. The quantitative estimate of drug-likeness (QED) is 0.937. The summed E-state index contributed by atoms with van der Waals surface area (Å²) in [5.41, 5.74) is 2.89. The van der Waals surface area contributed by atoms with Crippen molar-refractivity contribution >= 4 is 5.97 Å². The largest absolute Gasteiger partial charge is 0.476 e. The lowest BCUT2D eigenvalue weighted by atomic mass is 10.0. The molecule has 1 aromatic carbocycles. The van der Waals surface area contributed by atoms with Crippen LogP contribution in [0, 0.1) is 0 Å². The molecule has 0 unspecified atom stereocenters. The number of benzene rings is 1. The molecule has 1 aliphatic rings. The fraction of sp³-hybridized carbons (Fsp3) is 0.389. The molecule has 0 aliphatic carbocycles. The fourth-order valence-electron chi connectivity index (χ4n) is 3.04. The van der Waals surface area contributed by atoms with Crippen LogP contribution >= 0.6 is 0 Å². The Hall–Kier alpha value is -2.27. The van der Waals surface area contributed by atoms with Crippen LogP contribution in [0.25, 0.3) is 11.3 Å². The van der Waals surface area contributed by atoms with E-state index in [1.54, 1.807) is 0 Å². The van der Waals surface area contributed by atoms with E-state index in [2.05, 4.69) is 33.9 Å². The third-order valence-corrected chi connectivity index (χ3v) is 4.50. The molecule has 23 heavy (non-hydrogen) atoms. The zero-order valence-electron chi connectivity index (χ0n) is 13.3. The molecule has 2 aromatic rings. The molecular formula is C18H21N3O2. The Morgan fingerprint density at radius 3 is 2.35 bits per heavy atom. The van der Waals surface area contributed by atoms with Gasteiger partial charge in [0.2, 0.25) is 0 Å². The molecule has 0 spiro atoms. The first-order chi connectivity index (χ1) is 11.1. The lowest BCUT2D eigenvalue weighted by molar-refractivity contribution is 0.0690. The monoisotopic (exact) mass is 311 g/mol. The van der Waals surface area contributed by atoms with Gasteiger partial charge in [-0.15, -0.1) is 0 Å². The summed E-state index contributed by atoms with van der Waals surface area (Å²) in [6.07, 6.45) is 6.71. The lowest BCUT2D eigenvalue weighted by Crippen LogP contribution is -2.32. The Kier molecular flexibility index (Phi) is 4.67. The van der Waals surface area contributed by atoms with Crippen LogP contribution in [-0.2, 0) is 0 Å². The van der Waals surface area contributed by atoms with Crippen molar-refractivity contribution in [2.75, 3.05) is 13.1 Å². The third-order valence-electron chi connectivity index (χ3n) is 4.50. The summed E-state index contributed by atoms with van der Waals surface area (Å²) in [5.74, 6) is -1.06. The molecular weight excluding hydrogens is 290 g/mol. The minimum absolute atomic E-state index is 0.0379. The summed E-state index contributed by atoms with van der Waals surface area (Å²) in [4.78, 5) is 21.4. The summed E-state index contributed by atoms with van der Waals surface area (Å²) in [7, 11) is 0. The van der Waals surface area contributed by atoms with Gasteiger partial charge in [-0.05, 0) is 38.4 Å². The standard InChI is InChI=1S/C18H21N3O2/c1-13(21-9-3-2-4-10-21)14-5-7-15(8-6-14)16-11-20-17(12-19-16)18(22)23/h5-8,11-13H,2-4,9-10H2,1H3,(H,22,23)/t13-/m0/s1. The van der Waals surface area contributed by atoms with Gasteiger partial charge in [0.05, 0.1) is 18.1 Å². The van der Waals surface area contributed by atoms with Crippen LogP contribution in [0.4, 0.5) is 0 Å². The van der Waals surface area contributed by atoms with Crippen molar-refractivity contribution in [2.24, 2.45) is 0 Å². The van der Waals surface area contributed by atoms with Gasteiger partial charge in [-0.2, -0.15) is 0 Å². The summed E-state index contributed by atoms with van der Waals surface area (Å²) >= 11 is 0. The van der Waals surface area contributed by atoms with Crippen molar-refractivity contribution in [3.8, 4) is 11.3 Å². The maximum absolute atomic E-state index is 10.8. The highest BCUT2D eigenvalue weighted by molar-refractivity contribution is 5.85. The highest BCUT2D eigenvalue weighted by Gasteiger charge is 2.18. The molecule has 5 nitrogen and oxygen atoms in total. The number of rotatable bonds is 4. The van der Waals surface area contributed by atoms with Gasteiger partial charge in [-0.3, -0.25) is 9.88 Å². The van der Waals surface area contributed by atoms with Gasteiger partial charge in [0.15, 0.2) is 5.69 Å². The molecule has 3 rings (SSSR count). The molecule has 1 N–H and O–H groups in total. The SMILES string of the molecule is C[C@@H](c1ccc(-c2cnc(C(=O)O)cn2)cc1)N1CCCCC1. The summed E-state index contributed by atoms with van der Waals surface area (Å²) in [6.45, 7) is 4.60. The number of aromatic carboxylic acids is 1. The second-order valence-corrected chi connectivity index (χ2v) is 5.99. The van der Waals surface area contributed by atoms with Crippen molar-refractivity contribution in [2.45, 2.75) is 32.2 Å². The molecule has 120 valence electrons. The van der Waals surface area contributed by atoms with E-state index in [0.29, 0.717) is 11.7 Å². The van der Waals surface area contributed by atoms with E-state index in [9.17, 15) is 4.79 Å². The van der Waals surface area contributed by atoms with Gasteiger partial charge in [-0.1, -0.05) is 30.7 Å². The van der Waals surface area contributed by atoms with Gasteiger partial charge in [0.1, 0.15) is 0 Å². The first kappa shape index (κ1) is 15.6. The van der Waals surface area contributed by atoms with E-state index >= 15 is 0 Å². The van der Waals surface area contributed by atoms with Crippen LogP contribution in [0.3, 0.4) is 0 Å². The van der Waals surface area contributed by atoms with E-state index in [0.717, 1.165) is 5.56 Å². The van der Waals surface area contributed by atoms with Crippen molar-refractivity contribution in [1.82, 2.24) is 14.9 Å². The number of aromatic nitrogens is 2. The topological polar surface area (TPSA) is 66.3 Å². The summed E-state index contributed by atoms with van der Waals surface area (Å²) < 4.78 is 0. The van der Waals surface area contributed by atoms with Crippen molar-refractivity contribution in [3.63, 3.8) is 0 Å². The Labute approximate surface area is 136 Å². The van der Waals surface area contributed by atoms with E-state index in [4.69, 9.17) is 5.11 Å². The first-order valence-electron chi connectivity index (χ1n) is 8.05. The lowest BCUT2D eigenvalue weighted by Gasteiger charge is -2.32. The molecule has 0 saturated carbocycles. The van der Waals surface area contributed by atoms with Crippen LogP contribution in [0.2, 0.25) is 0 Å². The van der Waals surface area contributed by atoms with Gasteiger partial charge in [0.25, 0.3) is 0 Å². The van der Waals surface area contributed by atoms with Gasteiger partial charge in [-0.25, -0.2) is 9.78 Å². The molecule has 0 radical (unpaired) electrons. The highest BCUT2D eigenvalue weighted by Crippen LogP contribution is 2.26. The second-order valence-electron chi connectivity index (χ2n) is 5.99. The van der Waals surface area contributed by atoms with Crippen molar-refractivity contribution in [1.29, 1.82) is 0 Å². The number of carbonyl (C=O) groups is 1. The Morgan fingerprint density at radius 2 is 1.78 bits per heavy atom. The zero-order valence-corrected chi connectivity index (χ0v) is 13.3. The van der Waals surface area contributed by atoms with Crippen molar-refractivity contribution in [3.05, 3.63) is 47.9 Å². The number of nitrogens with zero attached hydrogens (tertiary/aromatic N) is 3. The predicted molar refractivity (Wildman–Crippen MR) is 88.3 cm³/mol. The number of hydrogen-bond donors (Lipinski definition) is 1. The van der Waals surface area contributed by atoms with Crippen LogP contribution in [0.15, 0.2) is 36.7 Å². The average molecular weight is 311 g/mol. The number of carboxylic acid groups (broad SMARTS) is 1. The molecule has 0 amide bonds. The van der Waals surface area contributed by atoms with E-state index in [1.165, 1.54) is 50.3 Å². The molecule has 2 heterocycles. The summed E-state index contributed by atoms with van der Waals surface area (Å²) in [5, 5.41) is 8.86. The predicted octanol–water partition coefficient (Wildman–Crippen LogP) is 3.39. The molecule has 1 aromatic heterocycles. The minimum Gasteiger partial charge on any atom is -0.476 e. The Morgan fingerprint density at radius 1 is 1.09 bits per heavy atom. The van der Waals surface area contributed by atoms with Gasteiger partial charge < -0.3 is 5.11 Å². The molecule has 1 atom stereocenters. The zero-order chi connectivity index (χ0) is 16.2. The molecule has 0 bridgehead atoms. The number of likely N-dealkylation sites (tertiary alicyclic amines) is 1. The van der Waals surface area contributed by atoms with Crippen molar-refractivity contribution < 1.29 is 9.90 Å². The van der Waals surface area contributed by atoms with E-state index in [1.807, 2.05) is 12.1 Å². The molecule has 1 aliphatic heterocycles. The maximum atomic E-state index is 10.8. The van der Waals surface area contributed by atoms with Crippen LogP contribution in [-0.4, -0.2) is 39.0 Å². The third kappa shape index (κ3) is 3.56. The second kappa shape index (κ2) is 6.87. The minimum atomic E-state index is -1.06. The van der Waals surface area contributed by atoms with E-state index < -0.39 is 5.97 Å². The molecule has 1 fully saturated rings. The summed E-state index contributed by atoms with van der Waals surface area (Å²) in [6, 6.07) is 8.73. The highest BCUT2D eigenvalue weighted by atomic mass is 16.4. The van der Waals surface area contributed by atoms with Crippen LogP contribution in [0.5, 0.6) is 0 Å². The fourth-order valence-corrected chi connectivity index (χ4v) is 3.04. The smallest absolute Gasteiger partial charge is 0.356 e. The van der Waals surface area contributed by atoms with Gasteiger partial charge in [0, 0.05) is 11.6 Å². The normalized spacial score (nSPS) is 16.9. The Bertz CT molecular complexity index is 662. The first-order valence-corrected chi connectivity index (χ1v) is 8.05. The molecule has 5 heteroatoms. The van der Waals surface area contributed by atoms with E-state index in [-0.39, 0.29) is 5.69 Å². The van der Waals surface area contributed by atoms with Crippen LogP contribution < -0.4 is 0 Å². The van der Waals surface area contributed by atoms with Gasteiger partial charge >= 0.3 is 5.97 Å². The maximum Gasteiger partial charge on any atom is 0.356 e.